The Morgan fingerprint density at radius 3 is 2.67 bits per heavy atom. The molecule has 4 aromatic rings. The Kier molecular flexibility index (Phi) is 4.63. The molecule has 2 aromatic carbocycles. The van der Waals surface area contributed by atoms with Crippen LogP contribution in [-0.4, -0.2) is 42.5 Å². The lowest BCUT2D eigenvalue weighted by atomic mass is 10.1. The molecule has 0 aliphatic carbocycles. The molecule has 1 atom stereocenters. The molecule has 0 bridgehead atoms. The van der Waals surface area contributed by atoms with E-state index in [0.717, 1.165) is 35.4 Å². The monoisotopic (exact) mass is 398 g/mol. The summed E-state index contributed by atoms with van der Waals surface area (Å²) in [4.78, 5) is 17.0. The first kappa shape index (κ1) is 18.3. The number of benzene rings is 2. The number of nitrogens with zero attached hydrogens (tertiary/aromatic N) is 5. The summed E-state index contributed by atoms with van der Waals surface area (Å²) in [6.07, 6.45) is 5.09. The number of aryl methyl sites for hydroxylation is 1. The summed E-state index contributed by atoms with van der Waals surface area (Å²) < 4.78 is 0. The van der Waals surface area contributed by atoms with Crippen LogP contribution in [0.4, 0.5) is 0 Å². The first-order valence-corrected chi connectivity index (χ1v) is 10.1. The Bertz CT molecular complexity index is 1170. The summed E-state index contributed by atoms with van der Waals surface area (Å²) in [5.74, 6) is -0.00985. The van der Waals surface area contributed by atoms with Gasteiger partial charge in [0.15, 0.2) is 0 Å². The zero-order valence-electron chi connectivity index (χ0n) is 16.7. The van der Waals surface area contributed by atoms with E-state index in [9.17, 15) is 4.79 Å². The SMILES string of the molecule is Cc1ccc(-n2nccn2)c(C(=O)N2CCCC2c2cc(-c3ccccc3)n[nH]2)c1. The summed E-state index contributed by atoms with van der Waals surface area (Å²) in [7, 11) is 0. The highest BCUT2D eigenvalue weighted by atomic mass is 16.2. The summed E-state index contributed by atoms with van der Waals surface area (Å²) in [5, 5.41) is 16.1. The number of carbonyl (C=O) groups is 1. The molecule has 2 aromatic heterocycles. The van der Waals surface area contributed by atoms with E-state index in [0.29, 0.717) is 17.8 Å². The zero-order chi connectivity index (χ0) is 20.5. The molecule has 150 valence electrons. The van der Waals surface area contributed by atoms with E-state index in [-0.39, 0.29) is 11.9 Å². The fraction of sp³-hybridized carbons (Fsp3) is 0.217. The predicted molar refractivity (Wildman–Crippen MR) is 113 cm³/mol. The largest absolute Gasteiger partial charge is 0.330 e. The van der Waals surface area contributed by atoms with Crippen LogP contribution in [0.2, 0.25) is 0 Å². The minimum atomic E-state index is -0.0265. The van der Waals surface area contributed by atoms with Gasteiger partial charge in [-0.1, -0.05) is 42.0 Å². The number of nitrogens with one attached hydrogen (secondary N) is 1. The Labute approximate surface area is 174 Å². The number of hydrogen-bond donors (Lipinski definition) is 1. The maximum atomic E-state index is 13.6. The zero-order valence-corrected chi connectivity index (χ0v) is 16.7. The van der Waals surface area contributed by atoms with Crippen molar-refractivity contribution >= 4 is 5.91 Å². The summed E-state index contributed by atoms with van der Waals surface area (Å²) >= 11 is 0. The van der Waals surface area contributed by atoms with Crippen molar-refractivity contribution in [3.63, 3.8) is 0 Å². The average Bonchev–Trinajstić information content (AvgIpc) is 3.55. The van der Waals surface area contributed by atoms with Gasteiger partial charge >= 0.3 is 0 Å². The van der Waals surface area contributed by atoms with Crippen molar-refractivity contribution in [2.75, 3.05) is 6.54 Å². The van der Waals surface area contributed by atoms with Gasteiger partial charge < -0.3 is 4.90 Å². The lowest BCUT2D eigenvalue weighted by molar-refractivity contribution is 0.0732. The van der Waals surface area contributed by atoms with E-state index in [1.54, 1.807) is 12.4 Å². The number of carbonyl (C=O) groups excluding carboxylic acids is 1. The molecular formula is C23H22N6O. The van der Waals surface area contributed by atoms with E-state index in [4.69, 9.17) is 0 Å². The smallest absolute Gasteiger partial charge is 0.256 e. The highest BCUT2D eigenvalue weighted by Gasteiger charge is 2.33. The topological polar surface area (TPSA) is 79.7 Å². The fourth-order valence-corrected chi connectivity index (χ4v) is 4.09. The maximum absolute atomic E-state index is 13.6. The molecule has 5 rings (SSSR count). The molecule has 0 spiro atoms. The summed E-state index contributed by atoms with van der Waals surface area (Å²) in [6.45, 7) is 2.70. The number of H-pyrrole nitrogens is 1. The molecule has 3 heterocycles. The van der Waals surface area contributed by atoms with Gasteiger partial charge in [-0.2, -0.15) is 20.1 Å². The molecule has 1 aliphatic rings. The lowest BCUT2D eigenvalue weighted by Crippen LogP contribution is -2.31. The van der Waals surface area contributed by atoms with Gasteiger partial charge in [-0.3, -0.25) is 9.89 Å². The van der Waals surface area contributed by atoms with Crippen LogP contribution in [0.5, 0.6) is 0 Å². The standard InChI is InChI=1S/C23H22N6O/c1-16-9-10-21(29-24-11-12-25-29)18(14-16)23(30)28-13-5-8-22(28)20-15-19(26-27-20)17-6-3-2-4-7-17/h2-4,6-7,9-12,14-15,22H,5,8,13H2,1H3,(H,26,27). The minimum absolute atomic E-state index is 0.00985. The number of aromatic amines is 1. The molecule has 1 amide bonds. The Morgan fingerprint density at radius 1 is 1.07 bits per heavy atom. The van der Waals surface area contributed by atoms with Gasteiger partial charge in [-0.05, 0) is 38.0 Å². The third kappa shape index (κ3) is 3.28. The molecule has 30 heavy (non-hydrogen) atoms. The second kappa shape index (κ2) is 7.59. The fourth-order valence-electron chi connectivity index (χ4n) is 4.09. The molecular weight excluding hydrogens is 376 g/mol. The maximum Gasteiger partial charge on any atom is 0.256 e. The van der Waals surface area contributed by atoms with Crippen LogP contribution in [0.3, 0.4) is 0 Å². The van der Waals surface area contributed by atoms with Crippen LogP contribution in [0.25, 0.3) is 16.9 Å². The Morgan fingerprint density at radius 2 is 1.87 bits per heavy atom. The van der Waals surface area contributed by atoms with Crippen molar-refractivity contribution in [3.05, 3.63) is 83.8 Å². The van der Waals surface area contributed by atoms with E-state index in [2.05, 4.69) is 26.5 Å². The number of likely N-dealkylation sites (tertiary alicyclic amines) is 1. The number of aromatic nitrogens is 5. The first-order chi connectivity index (χ1) is 14.7. The first-order valence-electron chi connectivity index (χ1n) is 10.1. The van der Waals surface area contributed by atoms with Gasteiger partial charge in [-0.15, -0.1) is 0 Å². The normalized spacial score (nSPS) is 16.2. The van der Waals surface area contributed by atoms with E-state index in [1.807, 2.05) is 60.4 Å². The van der Waals surface area contributed by atoms with Gasteiger partial charge in [0.05, 0.1) is 41.1 Å². The number of amides is 1. The molecule has 0 saturated carbocycles. The van der Waals surface area contributed by atoms with Crippen LogP contribution in [0.15, 0.2) is 67.0 Å². The molecule has 7 nitrogen and oxygen atoms in total. The van der Waals surface area contributed by atoms with Gasteiger partial charge in [0.2, 0.25) is 0 Å². The third-order valence-electron chi connectivity index (χ3n) is 5.56. The van der Waals surface area contributed by atoms with Crippen molar-refractivity contribution in [1.29, 1.82) is 0 Å². The minimum Gasteiger partial charge on any atom is -0.330 e. The Balaban J connectivity index is 1.47. The third-order valence-corrected chi connectivity index (χ3v) is 5.56. The van der Waals surface area contributed by atoms with Crippen molar-refractivity contribution in [2.45, 2.75) is 25.8 Å². The van der Waals surface area contributed by atoms with Crippen LogP contribution < -0.4 is 0 Å². The lowest BCUT2D eigenvalue weighted by Gasteiger charge is -2.25. The molecule has 1 saturated heterocycles. The molecule has 0 radical (unpaired) electrons. The van der Waals surface area contributed by atoms with Crippen molar-refractivity contribution in [3.8, 4) is 16.9 Å². The van der Waals surface area contributed by atoms with Crippen molar-refractivity contribution in [1.82, 2.24) is 30.1 Å². The second-order valence-electron chi connectivity index (χ2n) is 7.57. The molecule has 1 fully saturated rings. The summed E-state index contributed by atoms with van der Waals surface area (Å²) in [6, 6.07) is 17.9. The van der Waals surface area contributed by atoms with Gasteiger partial charge in [-0.25, -0.2) is 0 Å². The number of rotatable bonds is 4. The average molecular weight is 398 g/mol. The molecule has 1 aliphatic heterocycles. The van der Waals surface area contributed by atoms with E-state index < -0.39 is 0 Å². The van der Waals surface area contributed by atoms with E-state index in [1.165, 1.54) is 4.80 Å². The van der Waals surface area contributed by atoms with Crippen molar-refractivity contribution in [2.24, 2.45) is 0 Å². The van der Waals surface area contributed by atoms with Crippen LogP contribution >= 0.6 is 0 Å². The van der Waals surface area contributed by atoms with Crippen molar-refractivity contribution < 1.29 is 4.79 Å². The Hall–Kier alpha value is -3.74. The second-order valence-corrected chi connectivity index (χ2v) is 7.57. The van der Waals surface area contributed by atoms with Crippen LogP contribution in [0, 0.1) is 6.92 Å². The van der Waals surface area contributed by atoms with Crippen LogP contribution in [-0.2, 0) is 0 Å². The molecule has 7 heteroatoms. The van der Waals surface area contributed by atoms with Gasteiger partial charge in [0.25, 0.3) is 5.91 Å². The highest BCUT2D eigenvalue weighted by molar-refractivity contribution is 5.98. The summed E-state index contributed by atoms with van der Waals surface area (Å²) in [5.41, 5.74) is 5.24. The molecule has 1 N–H and O–H groups in total. The number of hydrogen-bond acceptors (Lipinski definition) is 4. The van der Waals surface area contributed by atoms with Crippen LogP contribution in [0.1, 0.15) is 40.5 Å². The predicted octanol–water partition coefficient (Wildman–Crippen LogP) is 3.94. The highest BCUT2D eigenvalue weighted by Crippen LogP contribution is 2.34. The van der Waals surface area contributed by atoms with Gasteiger partial charge in [0.1, 0.15) is 0 Å². The van der Waals surface area contributed by atoms with Gasteiger partial charge in [0, 0.05) is 12.1 Å². The van der Waals surface area contributed by atoms with E-state index >= 15 is 0 Å². The molecule has 1 unspecified atom stereocenters. The quantitative estimate of drug-likeness (QED) is 0.565.